The highest BCUT2D eigenvalue weighted by molar-refractivity contribution is 6.31. The molecule has 0 bridgehead atoms. The summed E-state index contributed by atoms with van der Waals surface area (Å²) in [5.41, 5.74) is 0. The summed E-state index contributed by atoms with van der Waals surface area (Å²) in [6, 6.07) is -0.502. The Morgan fingerprint density at radius 3 is 2.67 bits per heavy atom. The molecule has 2 heterocycles. The first kappa shape index (κ1) is 13.3. The minimum absolute atomic E-state index is 0.00727. The van der Waals surface area contributed by atoms with Gasteiger partial charge in [0.05, 0.1) is 13.2 Å². The first-order valence-electron chi connectivity index (χ1n) is 5.25. The van der Waals surface area contributed by atoms with Crippen LogP contribution in [0.15, 0.2) is 0 Å². The lowest BCUT2D eigenvalue weighted by Crippen LogP contribution is -2.54. The monoisotopic (exact) mass is 291 g/mol. The Kier molecular flexibility index (Phi) is 4.15. The van der Waals surface area contributed by atoms with Crippen molar-refractivity contribution in [2.75, 3.05) is 31.7 Å². The minimum atomic E-state index is -0.502. The predicted molar refractivity (Wildman–Crippen MR) is 65.9 cm³/mol. The van der Waals surface area contributed by atoms with Gasteiger partial charge >= 0.3 is 0 Å². The number of halogens is 2. The van der Waals surface area contributed by atoms with Crippen LogP contribution in [0.3, 0.4) is 0 Å². The molecule has 0 radical (unpaired) electrons. The number of likely N-dealkylation sites (N-methyl/N-ethyl adjacent to an activating group) is 1. The van der Waals surface area contributed by atoms with Gasteiger partial charge in [-0.2, -0.15) is 15.0 Å². The maximum Gasteiger partial charge on any atom is 0.244 e. The lowest BCUT2D eigenvalue weighted by molar-refractivity contribution is -0.124. The van der Waals surface area contributed by atoms with E-state index >= 15 is 0 Å². The van der Waals surface area contributed by atoms with Crippen LogP contribution >= 0.6 is 23.2 Å². The quantitative estimate of drug-likeness (QED) is 0.834. The molecule has 1 N–H and O–H groups in total. The first-order chi connectivity index (χ1) is 8.61. The Morgan fingerprint density at radius 1 is 1.39 bits per heavy atom. The fourth-order valence-electron chi connectivity index (χ4n) is 1.67. The highest BCUT2D eigenvalue weighted by Crippen LogP contribution is 2.18. The van der Waals surface area contributed by atoms with Crippen LogP contribution in [-0.2, 0) is 9.53 Å². The molecule has 0 spiro atoms. The normalized spacial score (nSPS) is 19.7. The van der Waals surface area contributed by atoms with Crippen molar-refractivity contribution in [3.63, 3.8) is 0 Å². The van der Waals surface area contributed by atoms with Crippen molar-refractivity contribution in [3.8, 4) is 0 Å². The number of hydrogen-bond acceptors (Lipinski definition) is 6. The molecule has 1 fully saturated rings. The number of rotatable bonds is 2. The summed E-state index contributed by atoms with van der Waals surface area (Å²) in [7, 11) is 1.56. The second-order valence-electron chi connectivity index (χ2n) is 3.57. The van der Waals surface area contributed by atoms with Crippen molar-refractivity contribution in [1.29, 1.82) is 0 Å². The molecule has 1 atom stereocenters. The first-order valence-corrected chi connectivity index (χ1v) is 6.00. The molecule has 0 aromatic carbocycles. The van der Waals surface area contributed by atoms with E-state index in [9.17, 15) is 4.79 Å². The van der Waals surface area contributed by atoms with Gasteiger partial charge in [0, 0.05) is 13.6 Å². The molecule has 1 saturated heterocycles. The smallest absolute Gasteiger partial charge is 0.244 e. The number of carbonyl (C=O) groups is 1. The number of nitrogens with one attached hydrogen (secondary N) is 1. The van der Waals surface area contributed by atoms with Crippen molar-refractivity contribution in [2.45, 2.75) is 6.04 Å². The second kappa shape index (κ2) is 5.64. The second-order valence-corrected chi connectivity index (χ2v) is 4.25. The molecule has 98 valence electrons. The SMILES string of the molecule is CNC(=O)C1COCCN1c1nc(Cl)nc(Cl)n1. The molecule has 1 aromatic heterocycles. The van der Waals surface area contributed by atoms with E-state index in [0.29, 0.717) is 13.2 Å². The number of aromatic nitrogens is 3. The fraction of sp³-hybridized carbons (Fsp3) is 0.556. The minimum Gasteiger partial charge on any atom is -0.377 e. The van der Waals surface area contributed by atoms with Gasteiger partial charge in [0.15, 0.2) is 0 Å². The van der Waals surface area contributed by atoms with Gasteiger partial charge in [-0.1, -0.05) is 0 Å². The van der Waals surface area contributed by atoms with Crippen molar-refractivity contribution in [2.24, 2.45) is 0 Å². The van der Waals surface area contributed by atoms with Gasteiger partial charge in [-0.15, -0.1) is 0 Å². The summed E-state index contributed by atoms with van der Waals surface area (Å²) in [5, 5.41) is 2.55. The molecule has 0 saturated carbocycles. The Balaban J connectivity index is 2.30. The third-order valence-corrected chi connectivity index (χ3v) is 2.84. The van der Waals surface area contributed by atoms with Crippen molar-refractivity contribution in [1.82, 2.24) is 20.3 Å². The standard InChI is InChI=1S/C9H11Cl2N5O2/c1-12-6(17)5-4-18-3-2-16(5)9-14-7(10)13-8(11)15-9/h5H,2-4H2,1H3,(H,12,17). The van der Waals surface area contributed by atoms with Crippen LogP contribution in [0.4, 0.5) is 5.95 Å². The number of morpholine rings is 1. The summed E-state index contributed by atoms with van der Waals surface area (Å²) in [4.78, 5) is 25.1. The maximum absolute atomic E-state index is 11.8. The van der Waals surface area contributed by atoms with Crippen molar-refractivity contribution >= 4 is 35.1 Å². The predicted octanol–water partition coefficient (Wildman–Crippen LogP) is 0.130. The zero-order valence-corrected chi connectivity index (χ0v) is 11.1. The zero-order chi connectivity index (χ0) is 13.1. The summed E-state index contributed by atoms with van der Waals surface area (Å²) in [5.74, 6) is 0.0965. The molecule has 0 aliphatic carbocycles. The molecule has 1 amide bonds. The summed E-state index contributed by atoms with van der Waals surface area (Å²) in [6.45, 7) is 1.23. The van der Waals surface area contributed by atoms with E-state index in [4.69, 9.17) is 27.9 Å². The average Bonchev–Trinajstić information content (AvgIpc) is 2.36. The van der Waals surface area contributed by atoms with Crippen LogP contribution in [0.5, 0.6) is 0 Å². The topological polar surface area (TPSA) is 80.2 Å². The van der Waals surface area contributed by atoms with E-state index in [2.05, 4.69) is 20.3 Å². The Hall–Kier alpha value is -1.18. The number of amides is 1. The number of ether oxygens (including phenoxy) is 1. The highest BCUT2D eigenvalue weighted by atomic mass is 35.5. The van der Waals surface area contributed by atoms with E-state index in [0.717, 1.165) is 0 Å². The van der Waals surface area contributed by atoms with Gasteiger partial charge in [-0.3, -0.25) is 4.79 Å². The number of anilines is 1. The van der Waals surface area contributed by atoms with Gasteiger partial charge in [-0.05, 0) is 23.2 Å². The van der Waals surface area contributed by atoms with E-state index in [1.807, 2.05) is 0 Å². The molecule has 1 unspecified atom stereocenters. The third-order valence-electron chi connectivity index (χ3n) is 2.50. The van der Waals surface area contributed by atoms with E-state index in [1.54, 1.807) is 11.9 Å². The lowest BCUT2D eigenvalue weighted by atomic mass is 10.2. The zero-order valence-electron chi connectivity index (χ0n) is 9.56. The van der Waals surface area contributed by atoms with Crippen LogP contribution in [0, 0.1) is 0 Å². The summed E-state index contributed by atoms with van der Waals surface area (Å²) in [6.07, 6.45) is 0. The van der Waals surface area contributed by atoms with Crippen molar-refractivity contribution in [3.05, 3.63) is 10.6 Å². The van der Waals surface area contributed by atoms with Crippen molar-refractivity contribution < 1.29 is 9.53 Å². The Morgan fingerprint density at radius 2 is 2.06 bits per heavy atom. The van der Waals surface area contributed by atoms with E-state index in [-0.39, 0.29) is 29.0 Å². The van der Waals surface area contributed by atoms with Gasteiger partial charge in [-0.25, -0.2) is 0 Å². The van der Waals surface area contributed by atoms with Gasteiger partial charge in [0.25, 0.3) is 0 Å². The fourth-order valence-corrected chi connectivity index (χ4v) is 2.03. The molecule has 1 aromatic rings. The van der Waals surface area contributed by atoms with Crippen LogP contribution in [0.2, 0.25) is 10.6 Å². The largest absolute Gasteiger partial charge is 0.377 e. The molecule has 18 heavy (non-hydrogen) atoms. The molecule has 1 aliphatic heterocycles. The number of hydrogen-bond donors (Lipinski definition) is 1. The molecule has 7 nitrogen and oxygen atoms in total. The molecular formula is C9H11Cl2N5O2. The number of nitrogens with zero attached hydrogens (tertiary/aromatic N) is 4. The molecule has 9 heteroatoms. The van der Waals surface area contributed by atoms with Gasteiger partial charge in [0.2, 0.25) is 22.4 Å². The van der Waals surface area contributed by atoms with E-state index < -0.39 is 6.04 Å². The van der Waals surface area contributed by atoms with Crippen LogP contribution < -0.4 is 10.2 Å². The number of carbonyl (C=O) groups excluding carboxylic acids is 1. The van der Waals surface area contributed by atoms with Crippen LogP contribution in [0.25, 0.3) is 0 Å². The molecule has 1 aliphatic rings. The van der Waals surface area contributed by atoms with Crippen LogP contribution in [0.1, 0.15) is 0 Å². The Bertz CT molecular complexity index is 438. The maximum atomic E-state index is 11.8. The summed E-state index contributed by atoms with van der Waals surface area (Å²) < 4.78 is 5.28. The average molecular weight is 292 g/mol. The third kappa shape index (κ3) is 2.80. The molecular weight excluding hydrogens is 281 g/mol. The molecule has 2 rings (SSSR count). The Labute approximate surface area is 113 Å². The summed E-state index contributed by atoms with van der Waals surface area (Å²) >= 11 is 11.5. The van der Waals surface area contributed by atoms with E-state index in [1.165, 1.54) is 0 Å². The van der Waals surface area contributed by atoms with Crippen LogP contribution in [-0.4, -0.2) is 53.7 Å². The van der Waals surface area contributed by atoms with Gasteiger partial charge in [0.1, 0.15) is 6.04 Å². The van der Waals surface area contributed by atoms with Gasteiger partial charge < -0.3 is 15.0 Å². The highest BCUT2D eigenvalue weighted by Gasteiger charge is 2.31. The lowest BCUT2D eigenvalue weighted by Gasteiger charge is -2.34.